The predicted octanol–water partition coefficient (Wildman–Crippen LogP) is 4.61. The molecule has 1 saturated heterocycles. The van der Waals surface area contributed by atoms with E-state index in [0.29, 0.717) is 32.0 Å². The van der Waals surface area contributed by atoms with Gasteiger partial charge in [0, 0.05) is 20.6 Å². The van der Waals surface area contributed by atoms with Crippen molar-refractivity contribution < 1.29 is 24.1 Å². The number of nitrogens with one attached hydrogen (secondary N) is 1. The molecule has 2 aromatic carbocycles. The molecular formula is C23H28F3N5O2. The molecule has 0 spiro atoms. The van der Waals surface area contributed by atoms with Gasteiger partial charge in [-0.25, -0.2) is 17.9 Å². The number of nitrogens with zero attached hydrogens (tertiary/aromatic N) is 4. The highest BCUT2D eigenvalue weighted by molar-refractivity contribution is 5.65. The van der Waals surface area contributed by atoms with E-state index >= 15 is 4.39 Å². The molecule has 3 aromatic rings. The minimum Gasteiger partial charge on any atom is -0.376 e. The lowest BCUT2D eigenvalue weighted by Crippen LogP contribution is -2.45. The van der Waals surface area contributed by atoms with Gasteiger partial charge in [0.25, 0.3) is 0 Å². The van der Waals surface area contributed by atoms with Gasteiger partial charge >= 0.3 is 0 Å². The molecule has 2 heterocycles. The van der Waals surface area contributed by atoms with Crippen LogP contribution in [0, 0.1) is 24.4 Å². The minimum atomic E-state index is -0.730. The van der Waals surface area contributed by atoms with Crippen molar-refractivity contribution in [2.75, 3.05) is 36.5 Å². The third kappa shape index (κ3) is 5.63. The van der Waals surface area contributed by atoms with Crippen LogP contribution in [0.1, 0.15) is 20.8 Å². The molecule has 1 unspecified atom stereocenters. The van der Waals surface area contributed by atoms with Crippen LogP contribution >= 0.6 is 0 Å². The van der Waals surface area contributed by atoms with Gasteiger partial charge in [-0.1, -0.05) is 0 Å². The Bertz CT molecular complexity index is 1110. The van der Waals surface area contributed by atoms with Crippen molar-refractivity contribution in [3.8, 4) is 5.69 Å². The van der Waals surface area contributed by atoms with Crippen molar-refractivity contribution in [3.63, 3.8) is 0 Å². The maximum absolute atomic E-state index is 15.5. The molecule has 33 heavy (non-hydrogen) atoms. The van der Waals surface area contributed by atoms with Gasteiger partial charge in [0.2, 0.25) is 5.95 Å². The molecule has 1 N–H and O–H groups in total. The standard InChI is InChI=1S/C23H26F3N5O2.H2/c1-14(2)33-12-19-11-30(4-5-32-19)21-7-15(3)6-20(22(21)26)28-23-27-13-31(29-23)18-9-16(24)8-17(25)10-18;/h6-10,13-14,19H,4-5,11-12H2,1-3H3,(H,28,29);1H. The number of ether oxygens (including phenoxy) is 2. The van der Waals surface area contributed by atoms with Crippen LogP contribution in [0.5, 0.6) is 0 Å². The average molecular weight is 464 g/mol. The van der Waals surface area contributed by atoms with Crippen LogP contribution in [0.4, 0.5) is 30.5 Å². The zero-order chi connectivity index (χ0) is 23.5. The predicted molar refractivity (Wildman–Crippen MR) is 121 cm³/mol. The molecule has 1 aliphatic heterocycles. The Kier molecular flexibility index (Phi) is 6.85. The van der Waals surface area contributed by atoms with Crippen LogP contribution in [0.2, 0.25) is 0 Å². The van der Waals surface area contributed by atoms with Crippen molar-refractivity contribution in [2.45, 2.75) is 33.0 Å². The first kappa shape index (κ1) is 23.1. The van der Waals surface area contributed by atoms with Gasteiger partial charge in [0.1, 0.15) is 18.0 Å². The molecule has 7 nitrogen and oxygen atoms in total. The summed E-state index contributed by atoms with van der Waals surface area (Å²) in [4.78, 5) is 6.03. The Labute approximate surface area is 191 Å². The summed E-state index contributed by atoms with van der Waals surface area (Å²) in [7, 11) is 0. The fourth-order valence-corrected chi connectivity index (χ4v) is 3.65. The number of halogens is 3. The second-order valence-corrected chi connectivity index (χ2v) is 8.23. The molecule has 1 aromatic heterocycles. The Morgan fingerprint density at radius 2 is 1.94 bits per heavy atom. The van der Waals surface area contributed by atoms with E-state index in [1.807, 2.05) is 25.7 Å². The van der Waals surface area contributed by atoms with Gasteiger partial charge < -0.3 is 19.7 Å². The summed E-state index contributed by atoms with van der Waals surface area (Å²) in [5.41, 5.74) is 1.67. The highest BCUT2D eigenvalue weighted by Gasteiger charge is 2.25. The van der Waals surface area contributed by atoms with E-state index < -0.39 is 17.5 Å². The molecule has 0 bridgehead atoms. The number of aryl methyl sites for hydroxylation is 1. The Balaban J connectivity index is 0.00000324. The first-order valence-electron chi connectivity index (χ1n) is 10.7. The van der Waals surface area contributed by atoms with Crippen LogP contribution in [-0.2, 0) is 9.47 Å². The van der Waals surface area contributed by atoms with Gasteiger partial charge in [-0.05, 0) is 50.6 Å². The van der Waals surface area contributed by atoms with Crippen molar-refractivity contribution in [1.29, 1.82) is 0 Å². The fraction of sp³-hybridized carbons (Fsp3) is 0.391. The van der Waals surface area contributed by atoms with E-state index in [9.17, 15) is 8.78 Å². The number of hydrogen-bond acceptors (Lipinski definition) is 6. The number of anilines is 3. The first-order chi connectivity index (χ1) is 15.8. The molecule has 1 atom stereocenters. The lowest BCUT2D eigenvalue weighted by Gasteiger charge is -2.35. The van der Waals surface area contributed by atoms with Gasteiger partial charge in [-0.3, -0.25) is 0 Å². The lowest BCUT2D eigenvalue weighted by molar-refractivity contribution is -0.0406. The minimum absolute atomic E-state index is 0. The zero-order valence-corrected chi connectivity index (χ0v) is 18.7. The van der Waals surface area contributed by atoms with E-state index in [-0.39, 0.29) is 31.0 Å². The highest BCUT2D eigenvalue weighted by Crippen LogP contribution is 2.30. The fourth-order valence-electron chi connectivity index (χ4n) is 3.65. The maximum Gasteiger partial charge on any atom is 0.247 e. The third-order valence-electron chi connectivity index (χ3n) is 5.14. The summed E-state index contributed by atoms with van der Waals surface area (Å²) >= 11 is 0. The molecule has 0 saturated carbocycles. The molecular weight excluding hydrogens is 435 g/mol. The van der Waals surface area contributed by atoms with Gasteiger partial charge in [0.05, 0.1) is 42.5 Å². The first-order valence-corrected chi connectivity index (χ1v) is 10.7. The molecule has 0 amide bonds. The van der Waals surface area contributed by atoms with Crippen molar-refractivity contribution in [2.24, 2.45) is 0 Å². The van der Waals surface area contributed by atoms with Crippen LogP contribution < -0.4 is 10.2 Å². The Morgan fingerprint density at radius 3 is 2.67 bits per heavy atom. The van der Waals surface area contributed by atoms with Crippen LogP contribution in [0.3, 0.4) is 0 Å². The molecule has 178 valence electrons. The van der Waals surface area contributed by atoms with Gasteiger partial charge in [0.15, 0.2) is 5.82 Å². The second kappa shape index (κ2) is 9.80. The smallest absolute Gasteiger partial charge is 0.247 e. The van der Waals surface area contributed by atoms with E-state index in [0.717, 1.165) is 23.8 Å². The van der Waals surface area contributed by atoms with Crippen LogP contribution in [-0.4, -0.2) is 53.3 Å². The van der Waals surface area contributed by atoms with Crippen molar-refractivity contribution >= 4 is 17.3 Å². The SMILES string of the molecule is Cc1cc(Nc2ncn(-c3cc(F)cc(F)c3)n2)c(F)c(N2CCOC(COC(C)C)C2)c1.[HH]. The molecule has 0 aliphatic carbocycles. The van der Waals surface area contributed by atoms with E-state index in [2.05, 4.69) is 15.4 Å². The zero-order valence-electron chi connectivity index (χ0n) is 18.7. The number of hydrogen-bond donors (Lipinski definition) is 1. The number of aromatic nitrogens is 3. The number of rotatable bonds is 7. The summed E-state index contributed by atoms with van der Waals surface area (Å²) < 4.78 is 55.1. The van der Waals surface area contributed by atoms with Gasteiger partial charge in [-0.2, -0.15) is 4.98 Å². The molecule has 0 radical (unpaired) electrons. The topological polar surface area (TPSA) is 64.4 Å². The van der Waals surface area contributed by atoms with E-state index in [1.165, 1.54) is 11.0 Å². The van der Waals surface area contributed by atoms with Crippen molar-refractivity contribution in [3.05, 3.63) is 59.7 Å². The van der Waals surface area contributed by atoms with Crippen LogP contribution in [0.15, 0.2) is 36.7 Å². The third-order valence-corrected chi connectivity index (χ3v) is 5.14. The summed E-state index contributed by atoms with van der Waals surface area (Å²) in [5.74, 6) is -1.81. The Morgan fingerprint density at radius 1 is 1.18 bits per heavy atom. The molecule has 4 rings (SSSR count). The second-order valence-electron chi connectivity index (χ2n) is 8.23. The largest absolute Gasteiger partial charge is 0.376 e. The van der Waals surface area contributed by atoms with E-state index in [1.54, 1.807) is 12.1 Å². The van der Waals surface area contributed by atoms with Crippen LogP contribution in [0.25, 0.3) is 5.69 Å². The summed E-state index contributed by atoms with van der Waals surface area (Å²) in [6.45, 7) is 7.75. The summed E-state index contributed by atoms with van der Waals surface area (Å²) in [6, 6.07) is 6.47. The molecule has 1 fully saturated rings. The number of morpholine rings is 1. The average Bonchev–Trinajstić information content (AvgIpc) is 3.23. The Hall–Kier alpha value is -3.11. The summed E-state index contributed by atoms with van der Waals surface area (Å²) in [6.07, 6.45) is 1.24. The monoisotopic (exact) mass is 463 g/mol. The lowest BCUT2D eigenvalue weighted by atomic mass is 10.1. The van der Waals surface area contributed by atoms with Crippen molar-refractivity contribution in [1.82, 2.24) is 14.8 Å². The molecule has 1 aliphatic rings. The van der Waals surface area contributed by atoms with E-state index in [4.69, 9.17) is 9.47 Å². The maximum atomic E-state index is 15.5. The summed E-state index contributed by atoms with van der Waals surface area (Å²) in [5, 5.41) is 7.04. The quantitative estimate of drug-likeness (QED) is 0.552. The number of benzene rings is 2. The normalized spacial score (nSPS) is 16.5. The molecule has 10 heteroatoms. The van der Waals surface area contributed by atoms with Gasteiger partial charge in [-0.15, -0.1) is 5.10 Å². The highest BCUT2D eigenvalue weighted by atomic mass is 19.1.